The summed E-state index contributed by atoms with van der Waals surface area (Å²) in [6.07, 6.45) is 0.676. The zero-order chi connectivity index (χ0) is 14.0. The van der Waals surface area contributed by atoms with Gasteiger partial charge in [-0.15, -0.1) is 0 Å². The van der Waals surface area contributed by atoms with Gasteiger partial charge in [0, 0.05) is 19.9 Å². The Labute approximate surface area is 117 Å². The van der Waals surface area contributed by atoms with Crippen LogP contribution in [0.1, 0.15) is 6.42 Å². The van der Waals surface area contributed by atoms with E-state index in [1.165, 1.54) is 11.9 Å². The van der Waals surface area contributed by atoms with Crippen molar-refractivity contribution in [2.45, 2.75) is 18.9 Å². The minimum Gasteiger partial charge on any atom is -0.396 e. The van der Waals surface area contributed by atoms with Gasteiger partial charge in [-0.3, -0.25) is 0 Å². The minimum absolute atomic E-state index is 0.0124. The number of hydrogen-bond acceptors (Lipinski definition) is 4. The van der Waals surface area contributed by atoms with Crippen molar-refractivity contribution in [3.8, 4) is 0 Å². The maximum absolute atomic E-state index is 12.9. The summed E-state index contributed by atoms with van der Waals surface area (Å²) in [6, 6.07) is 0.542. The zero-order valence-corrected chi connectivity index (χ0v) is 11.8. The molecule has 2 aromatic heterocycles. The van der Waals surface area contributed by atoms with Crippen LogP contribution < -0.4 is 4.90 Å². The molecule has 1 atom stereocenters. The molecule has 0 radical (unpaired) electrons. The fraction of sp³-hybridized carbons (Fsp3) is 0.455. The maximum atomic E-state index is 12.9. The molecule has 5 nitrogen and oxygen atoms in total. The molecule has 0 spiro atoms. The highest BCUT2D eigenvalue weighted by molar-refractivity contribution is 9.10. The normalized spacial score (nSPS) is 13.2. The predicted octanol–water partition coefficient (Wildman–Crippen LogP) is 1.94. The zero-order valence-electron chi connectivity index (χ0n) is 10.2. The van der Waals surface area contributed by atoms with Crippen molar-refractivity contribution >= 4 is 27.4 Å². The van der Waals surface area contributed by atoms with Crippen LogP contribution >= 0.6 is 15.9 Å². The van der Waals surface area contributed by atoms with E-state index in [-0.39, 0.29) is 13.0 Å². The van der Waals surface area contributed by atoms with E-state index in [0.717, 1.165) is 0 Å². The van der Waals surface area contributed by atoms with Gasteiger partial charge in [-0.25, -0.2) is 18.3 Å². The number of rotatable bonds is 5. The van der Waals surface area contributed by atoms with E-state index in [1.807, 2.05) is 0 Å². The van der Waals surface area contributed by atoms with E-state index in [1.54, 1.807) is 23.0 Å². The highest BCUT2D eigenvalue weighted by Crippen LogP contribution is 2.22. The van der Waals surface area contributed by atoms with Crippen molar-refractivity contribution in [2.75, 3.05) is 18.6 Å². The number of fused-ring (bicyclic) bond motifs is 1. The first-order valence-corrected chi connectivity index (χ1v) is 6.45. The monoisotopic (exact) mass is 334 g/mol. The van der Waals surface area contributed by atoms with Crippen LogP contribution in [0.5, 0.6) is 0 Å². The molecule has 0 amide bonds. The fourth-order valence-electron chi connectivity index (χ4n) is 1.82. The molecule has 0 aliphatic heterocycles. The quantitative estimate of drug-likeness (QED) is 0.907. The Morgan fingerprint density at radius 2 is 2.26 bits per heavy atom. The first-order valence-electron chi connectivity index (χ1n) is 5.66. The SMILES string of the molecule is CN(c1ccn2ncc(Br)c2n1)C(CCO)C(F)F. The summed E-state index contributed by atoms with van der Waals surface area (Å²) in [4.78, 5) is 5.66. The highest BCUT2D eigenvalue weighted by Gasteiger charge is 2.25. The molecular formula is C11H13BrF2N4O. The standard InChI is InChI=1S/C11H13BrF2N4O/c1-17(8(3-5-19)10(13)14)9-2-4-18-11(16-9)7(12)6-15-18/h2,4,6,8,10,19H,3,5H2,1H3. The number of nitrogens with zero attached hydrogens (tertiary/aromatic N) is 4. The van der Waals surface area contributed by atoms with E-state index in [2.05, 4.69) is 26.0 Å². The van der Waals surface area contributed by atoms with Crippen molar-refractivity contribution < 1.29 is 13.9 Å². The Bertz CT molecular complexity index is 563. The Morgan fingerprint density at radius 3 is 2.89 bits per heavy atom. The largest absolute Gasteiger partial charge is 0.396 e. The lowest BCUT2D eigenvalue weighted by Crippen LogP contribution is -2.38. The second-order valence-corrected chi connectivity index (χ2v) is 4.93. The van der Waals surface area contributed by atoms with Crippen LogP contribution in [-0.4, -0.2) is 45.8 Å². The molecule has 0 aliphatic rings. The third-order valence-electron chi connectivity index (χ3n) is 2.89. The summed E-state index contributed by atoms with van der Waals surface area (Å²) < 4.78 is 28.1. The summed E-state index contributed by atoms with van der Waals surface area (Å²) in [5.74, 6) is 0.410. The van der Waals surface area contributed by atoms with Gasteiger partial charge in [0.25, 0.3) is 6.43 Å². The van der Waals surface area contributed by atoms with Crippen LogP contribution in [0, 0.1) is 0 Å². The lowest BCUT2D eigenvalue weighted by atomic mass is 10.2. The molecule has 104 valence electrons. The van der Waals surface area contributed by atoms with E-state index in [4.69, 9.17) is 5.11 Å². The predicted molar refractivity (Wildman–Crippen MR) is 70.6 cm³/mol. The number of aliphatic hydroxyl groups is 1. The molecule has 8 heteroatoms. The van der Waals surface area contributed by atoms with Gasteiger partial charge in [-0.05, 0) is 28.4 Å². The molecule has 19 heavy (non-hydrogen) atoms. The second kappa shape index (κ2) is 5.79. The number of alkyl halides is 2. The summed E-state index contributed by atoms with van der Waals surface area (Å²) in [5, 5.41) is 12.9. The third kappa shape index (κ3) is 2.84. The number of anilines is 1. The lowest BCUT2D eigenvalue weighted by Gasteiger charge is -2.27. The Hall–Kier alpha value is -1.28. The van der Waals surface area contributed by atoms with Crippen molar-refractivity contribution in [1.29, 1.82) is 0 Å². The topological polar surface area (TPSA) is 53.7 Å². The number of halogens is 3. The van der Waals surface area contributed by atoms with Gasteiger partial charge in [0.2, 0.25) is 0 Å². The first-order chi connectivity index (χ1) is 9.04. The van der Waals surface area contributed by atoms with E-state index >= 15 is 0 Å². The summed E-state index contributed by atoms with van der Waals surface area (Å²) >= 11 is 3.29. The van der Waals surface area contributed by atoms with Gasteiger partial charge >= 0.3 is 0 Å². The van der Waals surface area contributed by atoms with E-state index in [0.29, 0.717) is 15.9 Å². The van der Waals surface area contributed by atoms with Crippen LogP contribution in [0.2, 0.25) is 0 Å². The smallest absolute Gasteiger partial charge is 0.258 e. The Morgan fingerprint density at radius 1 is 1.53 bits per heavy atom. The lowest BCUT2D eigenvalue weighted by molar-refractivity contribution is 0.0986. The minimum atomic E-state index is -2.55. The van der Waals surface area contributed by atoms with Crippen LogP contribution in [0.4, 0.5) is 14.6 Å². The molecule has 0 saturated heterocycles. The van der Waals surface area contributed by atoms with Crippen molar-refractivity contribution in [3.63, 3.8) is 0 Å². The van der Waals surface area contributed by atoms with Gasteiger partial charge in [0.1, 0.15) is 5.82 Å². The average Bonchev–Trinajstić information content (AvgIpc) is 2.76. The number of aliphatic hydroxyl groups excluding tert-OH is 1. The second-order valence-electron chi connectivity index (χ2n) is 4.07. The van der Waals surface area contributed by atoms with Crippen LogP contribution in [0.3, 0.4) is 0 Å². The molecule has 0 fully saturated rings. The molecule has 0 aromatic carbocycles. The fourth-order valence-corrected chi connectivity index (χ4v) is 2.18. The third-order valence-corrected chi connectivity index (χ3v) is 3.45. The van der Waals surface area contributed by atoms with Gasteiger partial charge in [-0.2, -0.15) is 5.10 Å². The Balaban J connectivity index is 2.33. The van der Waals surface area contributed by atoms with Crippen LogP contribution in [0.25, 0.3) is 5.65 Å². The molecule has 1 unspecified atom stereocenters. The van der Waals surface area contributed by atoms with Gasteiger partial charge < -0.3 is 10.0 Å². The van der Waals surface area contributed by atoms with Crippen LogP contribution in [0.15, 0.2) is 22.9 Å². The summed E-state index contributed by atoms with van der Waals surface area (Å²) in [7, 11) is 1.54. The molecule has 2 rings (SSSR count). The maximum Gasteiger partial charge on any atom is 0.258 e. The number of aromatic nitrogens is 3. The van der Waals surface area contributed by atoms with E-state index < -0.39 is 12.5 Å². The van der Waals surface area contributed by atoms with Gasteiger partial charge in [-0.1, -0.05) is 0 Å². The molecule has 1 N–H and O–H groups in total. The van der Waals surface area contributed by atoms with Crippen molar-refractivity contribution in [2.24, 2.45) is 0 Å². The molecule has 0 bridgehead atoms. The van der Waals surface area contributed by atoms with Crippen molar-refractivity contribution in [3.05, 3.63) is 22.9 Å². The molecule has 0 aliphatic carbocycles. The van der Waals surface area contributed by atoms with Gasteiger partial charge in [0.15, 0.2) is 5.65 Å². The first kappa shape index (κ1) is 14.1. The summed E-state index contributed by atoms with van der Waals surface area (Å²) in [6.45, 7) is -0.294. The molecule has 0 saturated carbocycles. The molecule has 2 aromatic rings. The summed E-state index contributed by atoms with van der Waals surface area (Å²) in [5.41, 5.74) is 0.557. The van der Waals surface area contributed by atoms with Gasteiger partial charge in [0.05, 0.1) is 16.7 Å². The van der Waals surface area contributed by atoms with E-state index in [9.17, 15) is 8.78 Å². The van der Waals surface area contributed by atoms with Crippen molar-refractivity contribution in [1.82, 2.24) is 14.6 Å². The molecular weight excluding hydrogens is 322 g/mol. The average molecular weight is 335 g/mol. The Kier molecular flexibility index (Phi) is 4.31. The molecule has 2 heterocycles. The highest BCUT2D eigenvalue weighted by atomic mass is 79.9. The number of hydrogen-bond donors (Lipinski definition) is 1. The van der Waals surface area contributed by atoms with Crippen LogP contribution in [-0.2, 0) is 0 Å².